The first-order valence-electron chi connectivity index (χ1n) is 9.79. The number of rotatable bonds is 6. The van der Waals surface area contributed by atoms with Crippen molar-refractivity contribution < 1.29 is 14.0 Å². The van der Waals surface area contributed by atoms with E-state index >= 15 is 0 Å². The van der Waals surface area contributed by atoms with E-state index in [2.05, 4.69) is 20.4 Å². The second-order valence-electron chi connectivity index (χ2n) is 6.97. The largest absolute Gasteiger partial charge is 0.368 e. The van der Waals surface area contributed by atoms with Crippen molar-refractivity contribution in [3.8, 4) is 0 Å². The van der Waals surface area contributed by atoms with Gasteiger partial charge in [0, 0.05) is 42.6 Å². The Morgan fingerprint density at radius 2 is 1.72 bits per heavy atom. The molecule has 1 saturated heterocycles. The smallest absolute Gasteiger partial charge is 0.286 e. The van der Waals surface area contributed by atoms with Crippen molar-refractivity contribution in [3.05, 3.63) is 64.4 Å². The van der Waals surface area contributed by atoms with Crippen molar-refractivity contribution in [2.24, 2.45) is 0 Å². The molecule has 0 spiro atoms. The topological polar surface area (TPSA) is 78.4 Å². The minimum absolute atomic E-state index is 0.0103. The third kappa shape index (κ3) is 5.76. The molecule has 2 heterocycles. The number of thioether (sulfide) groups is 1. The van der Waals surface area contributed by atoms with E-state index in [0.717, 1.165) is 17.0 Å². The Kier molecular flexibility index (Phi) is 7.23. The Balaban J connectivity index is 1.24. The maximum absolute atomic E-state index is 13.1. The third-order valence-electron chi connectivity index (χ3n) is 4.85. The zero-order chi connectivity index (χ0) is 22.5. The van der Waals surface area contributed by atoms with Gasteiger partial charge in [0.25, 0.3) is 5.91 Å². The Morgan fingerprint density at radius 1 is 1.03 bits per heavy atom. The summed E-state index contributed by atoms with van der Waals surface area (Å²) in [5.74, 6) is -0.387. The summed E-state index contributed by atoms with van der Waals surface area (Å²) in [6.07, 6.45) is 0. The van der Waals surface area contributed by atoms with Crippen LogP contribution in [0.1, 0.15) is 9.80 Å². The van der Waals surface area contributed by atoms with Gasteiger partial charge in [-0.05, 0) is 48.5 Å². The van der Waals surface area contributed by atoms with Crippen LogP contribution in [-0.2, 0) is 4.79 Å². The summed E-state index contributed by atoms with van der Waals surface area (Å²) in [6.45, 7) is 2.58. The molecule has 1 aliphatic heterocycles. The molecule has 0 radical (unpaired) electrons. The molecular formula is C21H19ClFN5O2S2. The molecule has 0 bridgehead atoms. The highest BCUT2D eigenvalue weighted by Crippen LogP contribution is 2.24. The molecule has 0 aliphatic carbocycles. The van der Waals surface area contributed by atoms with Gasteiger partial charge in [-0.2, -0.15) is 0 Å². The van der Waals surface area contributed by atoms with Gasteiger partial charge in [-0.25, -0.2) is 4.39 Å². The van der Waals surface area contributed by atoms with Gasteiger partial charge in [0.2, 0.25) is 10.9 Å². The van der Waals surface area contributed by atoms with E-state index in [0.29, 0.717) is 41.2 Å². The van der Waals surface area contributed by atoms with Gasteiger partial charge in [0.15, 0.2) is 4.34 Å². The van der Waals surface area contributed by atoms with Crippen LogP contribution in [0.4, 0.5) is 15.8 Å². The fourth-order valence-corrected chi connectivity index (χ4v) is 4.93. The molecule has 1 N–H and O–H groups in total. The molecule has 0 atom stereocenters. The molecule has 1 aromatic heterocycles. The molecule has 2 aromatic carbocycles. The molecule has 1 aliphatic rings. The van der Waals surface area contributed by atoms with Crippen LogP contribution in [0.3, 0.4) is 0 Å². The number of carbonyl (C=O) groups excluding carboxylic acids is 2. The van der Waals surface area contributed by atoms with E-state index in [4.69, 9.17) is 11.6 Å². The fraction of sp³-hybridized carbons (Fsp3) is 0.238. The van der Waals surface area contributed by atoms with Gasteiger partial charge in [-0.3, -0.25) is 9.59 Å². The Hall–Kier alpha value is -2.69. The predicted octanol–water partition coefficient (Wildman–Crippen LogP) is 4.02. The van der Waals surface area contributed by atoms with Gasteiger partial charge in [0.1, 0.15) is 5.82 Å². The van der Waals surface area contributed by atoms with Crippen LogP contribution in [0.25, 0.3) is 0 Å². The van der Waals surface area contributed by atoms with E-state index in [9.17, 15) is 14.0 Å². The second-order valence-corrected chi connectivity index (χ2v) is 9.60. The first kappa shape index (κ1) is 22.5. The number of nitrogens with zero attached hydrogens (tertiary/aromatic N) is 4. The number of carbonyl (C=O) groups is 2. The highest BCUT2D eigenvalue weighted by atomic mass is 35.5. The Morgan fingerprint density at radius 3 is 2.41 bits per heavy atom. The lowest BCUT2D eigenvalue weighted by atomic mass is 10.2. The van der Waals surface area contributed by atoms with Crippen molar-refractivity contribution in [2.75, 3.05) is 42.1 Å². The standard InChI is InChI=1S/C21H19ClFN5O2S2/c22-14-1-5-16(6-2-14)24-19(30)20-25-26-21(32-20)31-13-18(29)28-11-9-27(10-12-28)17-7-3-15(23)4-8-17/h1-8H,9-13H2,(H,24,30). The van der Waals surface area contributed by atoms with Crippen LogP contribution in [0.2, 0.25) is 5.02 Å². The van der Waals surface area contributed by atoms with Crippen LogP contribution < -0.4 is 10.2 Å². The van der Waals surface area contributed by atoms with Gasteiger partial charge < -0.3 is 15.1 Å². The zero-order valence-corrected chi connectivity index (χ0v) is 19.2. The molecule has 7 nitrogen and oxygen atoms in total. The average Bonchev–Trinajstić information content (AvgIpc) is 3.29. The van der Waals surface area contributed by atoms with Crippen molar-refractivity contribution in [1.82, 2.24) is 15.1 Å². The quantitative estimate of drug-likeness (QED) is 0.525. The summed E-state index contributed by atoms with van der Waals surface area (Å²) < 4.78 is 13.7. The molecule has 2 amide bonds. The number of amides is 2. The highest BCUT2D eigenvalue weighted by Gasteiger charge is 2.22. The molecule has 1 fully saturated rings. The summed E-state index contributed by atoms with van der Waals surface area (Å²) in [6, 6.07) is 13.1. The molecule has 11 heteroatoms. The second kappa shape index (κ2) is 10.3. The van der Waals surface area contributed by atoms with E-state index in [-0.39, 0.29) is 28.4 Å². The normalized spacial score (nSPS) is 13.8. The number of anilines is 2. The van der Waals surface area contributed by atoms with Gasteiger partial charge in [0.05, 0.1) is 5.75 Å². The minimum atomic E-state index is -0.361. The number of aromatic nitrogens is 2. The van der Waals surface area contributed by atoms with Crippen molar-refractivity contribution in [2.45, 2.75) is 4.34 Å². The van der Waals surface area contributed by atoms with Gasteiger partial charge in [-0.15, -0.1) is 10.2 Å². The summed E-state index contributed by atoms with van der Waals surface area (Å²) in [4.78, 5) is 28.8. The number of piperazine rings is 1. The summed E-state index contributed by atoms with van der Waals surface area (Å²) in [7, 11) is 0. The van der Waals surface area contributed by atoms with Crippen LogP contribution in [0.5, 0.6) is 0 Å². The van der Waals surface area contributed by atoms with Crippen molar-refractivity contribution in [1.29, 1.82) is 0 Å². The van der Waals surface area contributed by atoms with E-state index in [1.54, 1.807) is 36.4 Å². The van der Waals surface area contributed by atoms with Crippen LogP contribution in [0.15, 0.2) is 52.9 Å². The molecule has 4 rings (SSSR count). The maximum Gasteiger partial charge on any atom is 0.286 e. The third-order valence-corrected chi connectivity index (χ3v) is 7.14. The highest BCUT2D eigenvalue weighted by molar-refractivity contribution is 8.01. The number of halogens is 2. The zero-order valence-electron chi connectivity index (χ0n) is 16.8. The molecule has 0 saturated carbocycles. The van der Waals surface area contributed by atoms with E-state index in [1.165, 1.54) is 23.9 Å². The minimum Gasteiger partial charge on any atom is -0.368 e. The summed E-state index contributed by atoms with van der Waals surface area (Å²) in [5, 5.41) is 11.5. The van der Waals surface area contributed by atoms with Crippen LogP contribution in [0, 0.1) is 5.82 Å². The molecule has 32 heavy (non-hydrogen) atoms. The summed E-state index contributed by atoms with van der Waals surface area (Å²) >= 11 is 8.26. The predicted molar refractivity (Wildman–Crippen MR) is 125 cm³/mol. The SMILES string of the molecule is O=C(Nc1ccc(Cl)cc1)c1nnc(SCC(=O)N2CCN(c3ccc(F)cc3)CC2)s1. The maximum atomic E-state index is 13.1. The lowest BCUT2D eigenvalue weighted by Gasteiger charge is -2.36. The molecular weight excluding hydrogens is 473 g/mol. The lowest BCUT2D eigenvalue weighted by molar-refractivity contribution is -0.128. The van der Waals surface area contributed by atoms with E-state index in [1.807, 2.05) is 4.90 Å². The average molecular weight is 492 g/mol. The number of nitrogens with one attached hydrogen (secondary N) is 1. The van der Waals surface area contributed by atoms with Crippen molar-refractivity contribution in [3.63, 3.8) is 0 Å². The van der Waals surface area contributed by atoms with E-state index < -0.39 is 0 Å². The number of hydrogen-bond donors (Lipinski definition) is 1. The van der Waals surface area contributed by atoms with Gasteiger partial charge in [-0.1, -0.05) is 34.7 Å². The first-order valence-corrected chi connectivity index (χ1v) is 12.0. The molecule has 166 valence electrons. The Bertz CT molecular complexity index is 1090. The van der Waals surface area contributed by atoms with Crippen LogP contribution >= 0.6 is 34.7 Å². The first-order chi connectivity index (χ1) is 15.5. The molecule has 3 aromatic rings. The lowest BCUT2D eigenvalue weighted by Crippen LogP contribution is -2.49. The molecule has 0 unspecified atom stereocenters. The number of hydrogen-bond acceptors (Lipinski definition) is 7. The number of benzene rings is 2. The Labute approximate surface area is 197 Å². The van der Waals surface area contributed by atoms with Gasteiger partial charge >= 0.3 is 0 Å². The monoisotopic (exact) mass is 491 g/mol. The van der Waals surface area contributed by atoms with Crippen LogP contribution in [-0.4, -0.2) is 58.8 Å². The fourth-order valence-electron chi connectivity index (χ4n) is 3.16. The summed E-state index contributed by atoms with van der Waals surface area (Å²) in [5.41, 5.74) is 1.56. The van der Waals surface area contributed by atoms with Crippen molar-refractivity contribution >= 4 is 57.9 Å².